The number of nitrogens with one attached hydrogen (secondary N) is 1. The number of hydrogen-bond donors (Lipinski definition) is 1. The van der Waals surface area contributed by atoms with Crippen molar-refractivity contribution in [3.8, 4) is 5.75 Å². The predicted octanol–water partition coefficient (Wildman–Crippen LogP) is 6.79. The molecule has 2 aromatic carbocycles. The molecule has 0 saturated carbocycles. The summed E-state index contributed by atoms with van der Waals surface area (Å²) in [6.45, 7) is 3.07. The quantitative estimate of drug-likeness (QED) is 0.288. The summed E-state index contributed by atoms with van der Waals surface area (Å²) >= 11 is 20.3. The molecule has 2 aromatic heterocycles. The van der Waals surface area contributed by atoms with Crippen LogP contribution in [0.5, 0.6) is 5.75 Å². The van der Waals surface area contributed by atoms with Gasteiger partial charge in [0.25, 0.3) is 0 Å². The Morgan fingerprint density at radius 3 is 2.77 bits per heavy atom. The van der Waals surface area contributed by atoms with Gasteiger partial charge in [0, 0.05) is 40.1 Å². The van der Waals surface area contributed by atoms with E-state index in [1.165, 1.54) is 16.6 Å². The molecule has 1 N–H and O–H groups in total. The number of aromatic nitrogens is 2. The summed E-state index contributed by atoms with van der Waals surface area (Å²) in [6.07, 6.45) is 3.71. The van der Waals surface area contributed by atoms with Crippen LogP contribution in [0.3, 0.4) is 0 Å². The van der Waals surface area contributed by atoms with Crippen molar-refractivity contribution in [1.82, 2.24) is 14.9 Å². The van der Waals surface area contributed by atoms with E-state index in [4.69, 9.17) is 27.9 Å². The van der Waals surface area contributed by atoms with Crippen molar-refractivity contribution < 1.29 is 4.74 Å². The Labute approximate surface area is 207 Å². The molecule has 4 aromatic rings. The van der Waals surface area contributed by atoms with Crippen LogP contribution in [0, 0.1) is 0 Å². The molecule has 0 bridgehead atoms. The second kappa shape index (κ2) is 8.91. The monoisotopic (exact) mass is 581 g/mol. The van der Waals surface area contributed by atoms with E-state index >= 15 is 0 Å². The minimum absolute atomic E-state index is 0.485. The number of nitrogens with zero attached hydrogens (tertiary/aromatic N) is 2. The first-order chi connectivity index (χ1) is 15.1. The molecule has 3 heterocycles. The summed E-state index contributed by atoms with van der Waals surface area (Å²) in [4.78, 5) is 4.54. The zero-order valence-corrected chi connectivity index (χ0v) is 21.2. The van der Waals surface area contributed by atoms with Gasteiger partial charge in [-0.3, -0.25) is 4.98 Å². The minimum Gasteiger partial charge on any atom is -0.488 e. The molecule has 0 radical (unpaired) electrons. The average Bonchev–Trinajstić information content (AvgIpc) is 2.90. The first kappa shape index (κ1) is 21.5. The van der Waals surface area contributed by atoms with Gasteiger partial charge in [-0.05, 0) is 52.7 Å². The number of pyridine rings is 1. The lowest BCUT2D eigenvalue weighted by molar-refractivity contribution is 0.300. The lowest BCUT2D eigenvalue weighted by Gasteiger charge is -2.15. The van der Waals surface area contributed by atoms with Crippen molar-refractivity contribution in [1.29, 1.82) is 0 Å². The highest BCUT2D eigenvalue weighted by molar-refractivity contribution is 9.11. The van der Waals surface area contributed by atoms with Gasteiger partial charge in [0.15, 0.2) is 5.75 Å². The lowest BCUT2D eigenvalue weighted by atomic mass is 10.1. The molecular formula is C23H19Br2Cl2N3O. The van der Waals surface area contributed by atoms with E-state index in [1.807, 2.05) is 24.3 Å². The van der Waals surface area contributed by atoms with Crippen LogP contribution in [0.1, 0.15) is 11.3 Å². The summed E-state index contributed by atoms with van der Waals surface area (Å²) < 4.78 is 10.4. The van der Waals surface area contributed by atoms with Gasteiger partial charge in [0.1, 0.15) is 12.1 Å². The van der Waals surface area contributed by atoms with Gasteiger partial charge in [0.2, 0.25) is 0 Å². The lowest BCUT2D eigenvalue weighted by Crippen LogP contribution is -2.18. The molecule has 1 aliphatic rings. The smallest absolute Gasteiger partial charge is 0.159 e. The van der Waals surface area contributed by atoms with E-state index in [9.17, 15) is 0 Å². The van der Waals surface area contributed by atoms with Crippen molar-refractivity contribution in [2.24, 2.45) is 0 Å². The van der Waals surface area contributed by atoms with Crippen molar-refractivity contribution in [3.63, 3.8) is 0 Å². The van der Waals surface area contributed by atoms with Crippen LogP contribution in [0.15, 0.2) is 45.5 Å². The standard InChI is InChI=1S/C23H19Br2Cl2N3O/c24-16-12-17(25)23(21-15(16)2-1-7-29-21)31-11-10-30-19-6-9-28-8-5-13(19)14-3-4-18(26)20(27)22(14)30/h1-4,7,12,28H,5-6,8-11H2. The Morgan fingerprint density at radius 2 is 1.90 bits per heavy atom. The van der Waals surface area contributed by atoms with Gasteiger partial charge in [-0.2, -0.15) is 0 Å². The number of fused-ring (bicyclic) bond motifs is 4. The number of rotatable bonds is 4. The molecule has 31 heavy (non-hydrogen) atoms. The van der Waals surface area contributed by atoms with Gasteiger partial charge in [-0.25, -0.2) is 0 Å². The maximum Gasteiger partial charge on any atom is 0.159 e. The number of benzene rings is 2. The van der Waals surface area contributed by atoms with Crippen LogP contribution in [0.2, 0.25) is 10.0 Å². The second-order valence-corrected chi connectivity index (χ2v) is 10.00. The van der Waals surface area contributed by atoms with Gasteiger partial charge >= 0.3 is 0 Å². The molecule has 0 amide bonds. The summed E-state index contributed by atoms with van der Waals surface area (Å²) in [7, 11) is 0. The van der Waals surface area contributed by atoms with Crippen LogP contribution in [0.4, 0.5) is 0 Å². The summed E-state index contributed by atoms with van der Waals surface area (Å²) in [5, 5.41) is 6.88. The van der Waals surface area contributed by atoms with E-state index < -0.39 is 0 Å². The third-order valence-corrected chi connectivity index (χ3v) is 7.78. The Kier molecular flexibility index (Phi) is 6.19. The minimum atomic E-state index is 0.485. The highest BCUT2D eigenvalue weighted by atomic mass is 79.9. The maximum absolute atomic E-state index is 6.68. The number of hydrogen-bond acceptors (Lipinski definition) is 3. The number of ether oxygens (including phenoxy) is 1. The van der Waals surface area contributed by atoms with E-state index in [-0.39, 0.29) is 0 Å². The molecule has 0 aliphatic carbocycles. The SMILES string of the molecule is Clc1ccc2c3c(n(CCOc4c(Br)cc(Br)c5cccnc45)c2c1Cl)CCNCC3. The van der Waals surface area contributed by atoms with Crippen LogP contribution in [-0.4, -0.2) is 29.2 Å². The van der Waals surface area contributed by atoms with Crippen LogP contribution >= 0.6 is 55.1 Å². The van der Waals surface area contributed by atoms with Gasteiger partial charge < -0.3 is 14.6 Å². The maximum atomic E-state index is 6.68. The molecule has 0 spiro atoms. The van der Waals surface area contributed by atoms with E-state index in [0.717, 1.165) is 57.0 Å². The zero-order valence-electron chi connectivity index (χ0n) is 16.5. The van der Waals surface area contributed by atoms with E-state index in [0.29, 0.717) is 23.2 Å². The van der Waals surface area contributed by atoms with Crippen molar-refractivity contribution >= 4 is 76.9 Å². The summed E-state index contributed by atoms with van der Waals surface area (Å²) in [5.74, 6) is 0.743. The van der Waals surface area contributed by atoms with Crippen molar-refractivity contribution in [2.45, 2.75) is 19.4 Å². The van der Waals surface area contributed by atoms with Crippen LogP contribution in [0.25, 0.3) is 21.8 Å². The highest BCUT2D eigenvalue weighted by Crippen LogP contribution is 2.39. The summed E-state index contributed by atoms with van der Waals surface area (Å²) in [6, 6.07) is 9.93. The molecule has 160 valence electrons. The van der Waals surface area contributed by atoms with Crippen molar-refractivity contribution in [3.05, 3.63) is 66.8 Å². The summed E-state index contributed by atoms with van der Waals surface area (Å²) in [5.41, 5.74) is 4.49. The fourth-order valence-electron chi connectivity index (χ4n) is 4.38. The average molecular weight is 584 g/mol. The molecule has 8 heteroatoms. The van der Waals surface area contributed by atoms with Gasteiger partial charge in [0.05, 0.1) is 26.6 Å². The topological polar surface area (TPSA) is 39.1 Å². The van der Waals surface area contributed by atoms with Crippen molar-refractivity contribution in [2.75, 3.05) is 19.7 Å². The van der Waals surface area contributed by atoms with E-state index in [1.54, 1.807) is 6.20 Å². The number of halogens is 4. The highest BCUT2D eigenvalue weighted by Gasteiger charge is 2.22. The molecule has 4 nitrogen and oxygen atoms in total. The Bertz CT molecular complexity index is 1310. The molecule has 0 fully saturated rings. The largest absolute Gasteiger partial charge is 0.488 e. The first-order valence-corrected chi connectivity index (χ1v) is 12.4. The molecular weight excluding hydrogens is 565 g/mol. The molecule has 1 aliphatic heterocycles. The normalized spacial score (nSPS) is 14.1. The van der Waals surface area contributed by atoms with Gasteiger partial charge in [-0.1, -0.05) is 51.3 Å². The third kappa shape index (κ3) is 3.87. The Morgan fingerprint density at radius 1 is 1.06 bits per heavy atom. The first-order valence-electron chi connectivity index (χ1n) is 10.1. The van der Waals surface area contributed by atoms with Crippen LogP contribution in [-0.2, 0) is 19.4 Å². The fraction of sp³-hybridized carbons (Fsp3) is 0.261. The Hall–Kier alpha value is -1.31. The molecule has 0 saturated heterocycles. The molecule has 0 unspecified atom stereocenters. The fourth-order valence-corrected chi connectivity index (χ4v) is 6.19. The second-order valence-electron chi connectivity index (χ2n) is 7.50. The zero-order chi connectivity index (χ0) is 21.5. The third-order valence-electron chi connectivity index (χ3n) is 5.74. The molecule has 5 rings (SSSR count). The van der Waals surface area contributed by atoms with Crippen LogP contribution < -0.4 is 10.1 Å². The Balaban J connectivity index is 1.52. The predicted molar refractivity (Wildman–Crippen MR) is 135 cm³/mol. The molecule has 0 atom stereocenters. The van der Waals surface area contributed by atoms with E-state index in [2.05, 4.69) is 52.8 Å². The van der Waals surface area contributed by atoms with Gasteiger partial charge in [-0.15, -0.1) is 0 Å².